The lowest BCUT2D eigenvalue weighted by atomic mass is 10.3. The Kier molecular flexibility index (Phi) is 2.56. The molecule has 0 aliphatic rings. The first kappa shape index (κ1) is 11.1. The minimum Gasteiger partial charge on any atom is -0.472 e. The first-order chi connectivity index (χ1) is 9.22. The fourth-order valence-electron chi connectivity index (χ4n) is 1.50. The van der Waals surface area contributed by atoms with Crippen molar-refractivity contribution in [3.8, 4) is 11.5 Å². The molecule has 0 aliphatic carbocycles. The minimum atomic E-state index is -0.517. The van der Waals surface area contributed by atoms with E-state index in [2.05, 4.69) is 15.2 Å². The second-order valence-electron chi connectivity index (χ2n) is 3.68. The molecule has 0 amide bonds. The zero-order valence-electron chi connectivity index (χ0n) is 9.46. The molecule has 0 aliphatic heterocycles. The van der Waals surface area contributed by atoms with Crippen LogP contribution in [0.15, 0.2) is 39.9 Å². The fourth-order valence-corrected chi connectivity index (χ4v) is 1.50. The lowest BCUT2D eigenvalue weighted by Gasteiger charge is -1.92. The van der Waals surface area contributed by atoms with Crippen LogP contribution in [-0.2, 0) is 6.54 Å². The summed E-state index contributed by atoms with van der Waals surface area (Å²) in [5, 5.41) is 18.1. The van der Waals surface area contributed by atoms with E-state index in [9.17, 15) is 10.1 Å². The molecule has 3 aromatic heterocycles. The highest BCUT2D eigenvalue weighted by Crippen LogP contribution is 2.17. The molecule has 0 bridgehead atoms. The summed E-state index contributed by atoms with van der Waals surface area (Å²) in [6.45, 7) is 0.190. The SMILES string of the molecule is O=[N+]([O-])c1cnn(Cc2noc(-c3ccoc3)n2)c1. The van der Waals surface area contributed by atoms with Crippen molar-refractivity contribution in [2.75, 3.05) is 0 Å². The first-order valence-electron chi connectivity index (χ1n) is 5.24. The molecule has 3 rings (SSSR count). The summed E-state index contributed by atoms with van der Waals surface area (Å²) in [6.07, 6.45) is 5.44. The van der Waals surface area contributed by atoms with Crippen LogP contribution in [-0.4, -0.2) is 24.8 Å². The van der Waals surface area contributed by atoms with Crippen molar-refractivity contribution in [2.45, 2.75) is 6.54 Å². The molecular weight excluding hydrogens is 254 g/mol. The maximum absolute atomic E-state index is 10.5. The average Bonchev–Trinajstić information content (AvgIpc) is 3.09. The maximum Gasteiger partial charge on any atom is 0.307 e. The summed E-state index contributed by atoms with van der Waals surface area (Å²) in [7, 11) is 0. The third-order valence-electron chi connectivity index (χ3n) is 2.37. The largest absolute Gasteiger partial charge is 0.472 e. The summed E-state index contributed by atoms with van der Waals surface area (Å²) in [4.78, 5) is 14.1. The molecule has 0 saturated heterocycles. The smallest absolute Gasteiger partial charge is 0.307 e. The quantitative estimate of drug-likeness (QED) is 0.516. The van der Waals surface area contributed by atoms with Crippen molar-refractivity contribution in [1.82, 2.24) is 19.9 Å². The zero-order valence-corrected chi connectivity index (χ0v) is 9.46. The van der Waals surface area contributed by atoms with Gasteiger partial charge in [0.2, 0.25) is 0 Å². The van der Waals surface area contributed by atoms with Gasteiger partial charge in [-0.15, -0.1) is 0 Å². The van der Waals surface area contributed by atoms with E-state index in [0.717, 1.165) is 6.20 Å². The van der Waals surface area contributed by atoms with Gasteiger partial charge in [0.05, 0.1) is 16.7 Å². The Bertz CT molecular complexity index is 699. The lowest BCUT2D eigenvalue weighted by Crippen LogP contribution is -2.01. The Hall–Kier alpha value is -2.97. The Morgan fingerprint density at radius 3 is 3.05 bits per heavy atom. The van der Waals surface area contributed by atoms with Crippen LogP contribution in [0, 0.1) is 10.1 Å². The molecule has 0 spiro atoms. The summed E-state index contributed by atoms with van der Waals surface area (Å²) in [6, 6.07) is 1.69. The molecule has 9 nitrogen and oxygen atoms in total. The number of hydrogen-bond acceptors (Lipinski definition) is 7. The van der Waals surface area contributed by atoms with Crippen LogP contribution in [0.1, 0.15) is 5.82 Å². The number of nitrogens with zero attached hydrogens (tertiary/aromatic N) is 5. The van der Waals surface area contributed by atoms with E-state index in [1.54, 1.807) is 6.07 Å². The van der Waals surface area contributed by atoms with Gasteiger partial charge >= 0.3 is 5.69 Å². The maximum atomic E-state index is 10.5. The average molecular weight is 261 g/mol. The van der Waals surface area contributed by atoms with Gasteiger partial charge in [-0.3, -0.25) is 14.8 Å². The van der Waals surface area contributed by atoms with Gasteiger partial charge < -0.3 is 8.94 Å². The van der Waals surface area contributed by atoms with Gasteiger partial charge in [-0.05, 0) is 6.07 Å². The van der Waals surface area contributed by atoms with Crippen LogP contribution in [0.25, 0.3) is 11.5 Å². The first-order valence-corrected chi connectivity index (χ1v) is 5.24. The molecule has 3 heterocycles. The van der Waals surface area contributed by atoms with E-state index in [0.29, 0.717) is 17.3 Å². The van der Waals surface area contributed by atoms with Gasteiger partial charge in [-0.1, -0.05) is 5.16 Å². The molecule has 0 radical (unpaired) electrons. The number of aromatic nitrogens is 4. The van der Waals surface area contributed by atoms with E-state index in [1.807, 2.05) is 0 Å². The van der Waals surface area contributed by atoms with Crippen molar-refractivity contribution in [3.05, 3.63) is 46.9 Å². The van der Waals surface area contributed by atoms with Crippen LogP contribution in [0.3, 0.4) is 0 Å². The van der Waals surface area contributed by atoms with E-state index in [-0.39, 0.29) is 12.2 Å². The van der Waals surface area contributed by atoms with Crippen LogP contribution >= 0.6 is 0 Å². The van der Waals surface area contributed by atoms with Crippen LogP contribution in [0.2, 0.25) is 0 Å². The van der Waals surface area contributed by atoms with Crippen LogP contribution in [0.5, 0.6) is 0 Å². The van der Waals surface area contributed by atoms with E-state index < -0.39 is 4.92 Å². The Morgan fingerprint density at radius 1 is 1.47 bits per heavy atom. The Morgan fingerprint density at radius 2 is 2.37 bits per heavy atom. The lowest BCUT2D eigenvalue weighted by molar-refractivity contribution is -0.385. The molecule has 96 valence electrons. The van der Waals surface area contributed by atoms with E-state index in [4.69, 9.17) is 8.94 Å². The van der Waals surface area contributed by atoms with Gasteiger partial charge in [0.15, 0.2) is 5.82 Å². The van der Waals surface area contributed by atoms with Gasteiger partial charge in [0.25, 0.3) is 5.89 Å². The minimum absolute atomic E-state index is 0.0847. The van der Waals surface area contributed by atoms with Gasteiger partial charge in [0.1, 0.15) is 25.2 Å². The summed E-state index contributed by atoms with van der Waals surface area (Å²) < 4.78 is 11.3. The van der Waals surface area contributed by atoms with E-state index in [1.165, 1.54) is 23.4 Å². The van der Waals surface area contributed by atoms with Crippen LogP contribution < -0.4 is 0 Å². The number of rotatable bonds is 4. The normalized spacial score (nSPS) is 10.7. The Labute approximate surface area is 105 Å². The third-order valence-corrected chi connectivity index (χ3v) is 2.37. The topological polar surface area (TPSA) is 113 Å². The van der Waals surface area contributed by atoms with Crippen molar-refractivity contribution in [2.24, 2.45) is 0 Å². The van der Waals surface area contributed by atoms with Crippen molar-refractivity contribution >= 4 is 5.69 Å². The molecule has 0 aromatic carbocycles. The monoisotopic (exact) mass is 261 g/mol. The highest BCUT2D eigenvalue weighted by atomic mass is 16.6. The molecule has 0 atom stereocenters. The second kappa shape index (κ2) is 4.37. The van der Waals surface area contributed by atoms with Gasteiger partial charge in [0, 0.05) is 0 Å². The molecule has 0 unspecified atom stereocenters. The van der Waals surface area contributed by atoms with Crippen molar-refractivity contribution in [1.29, 1.82) is 0 Å². The third kappa shape index (κ3) is 2.20. The molecule has 0 fully saturated rings. The molecule has 9 heteroatoms. The zero-order chi connectivity index (χ0) is 13.2. The molecule has 3 aromatic rings. The molecule has 0 saturated carbocycles. The Balaban J connectivity index is 1.78. The highest BCUT2D eigenvalue weighted by molar-refractivity contribution is 5.49. The van der Waals surface area contributed by atoms with Crippen molar-refractivity contribution in [3.63, 3.8) is 0 Å². The van der Waals surface area contributed by atoms with Crippen LogP contribution in [0.4, 0.5) is 5.69 Å². The number of furan rings is 1. The van der Waals surface area contributed by atoms with Gasteiger partial charge in [-0.2, -0.15) is 10.1 Å². The predicted octanol–water partition coefficient (Wildman–Crippen LogP) is 1.48. The summed E-state index contributed by atoms with van der Waals surface area (Å²) >= 11 is 0. The fraction of sp³-hybridized carbons (Fsp3) is 0.100. The number of nitro groups is 1. The van der Waals surface area contributed by atoms with Crippen molar-refractivity contribution < 1.29 is 13.9 Å². The predicted molar refractivity (Wildman–Crippen MR) is 60.0 cm³/mol. The molecule has 0 N–H and O–H groups in total. The molecule has 19 heavy (non-hydrogen) atoms. The second-order valence-corrected chi connectivity index (χ2v) is 3.68. The number of hydrogen-bond donors (Lipinski definition) is 0. The molecular formula is C10H7N5O4. The standard InChI is InChI=1S/C10H7N5O4/c16-15(17)8-3-11-14(4-8)5-9-12-10(19-13-9)7-1-2-18-6-7/h1-4,6H,5H2. The van der Waals surface area contributed by atoms with Gasteiger partial charge in [-0.25, -0.2) is 0 Å². The highest BCUT2D eigenvalue weighted by Gasteiger charge is 2.13. The summed E-state index contributed by atoms with van der Waals surface area (Å²) in [5.74, 6) is 0.694. The van der Waals surface area contributed by atoms with E-state index >= 15 is 0 Å². The summed E-state index contributed by atoms with van der Waals surface area (Å²) in [5.41, 5.74) is 0.587.